The van der Waals surface area contributed by atoms with Crippen LogP contribution in [-0.4, -0.2) is 23.3 Å². The van der Waals surface area contributed by atoms with Crippen LogP contribution in [0.1, 0.15) is 28.1 Å². The maximum absolute atomic E-state index is 12.0. The van der Waals surface area contributed by atoms with Crippen LogP contribution in [0.4, 0.5) is 10.5 Å². The number of hydrogen-bond donors (Lipinski definition) is 3. The lowest BCUT2D eigenvalue weighted by Gasteiger charge is -2.13. The highest BCUT2D eigenvalue weighted by Crippen LogP contribution is 2.26. The van der Waals surface area contributed by atoms with Crippen molar-refractivity contribution in [3.63, 3.8) is 0 Å². The highest BCUT2D eigenvalue weighted by Gasteiger charge is 2.10. The predicted molar refractivity (Wildman–Crippen MR) is 86.4 cm³/mol. The second kappa shape index (κ2) is 6.51. The van der Waals surface area contributed by atoms with E-state index in [4.69, 9.17) is 4.74 Å². The predicted octanol–water partition coefficient (Wildman–Crippen LogP) is 2.97. The van der Waals surface area contributed by atoms with E-state index in [1.165, 1.54) is 0 Å². The van der Waals surface area contributed by atoms with Gasteiger partial charge in [0.1, 0.15) is 5.75 Å². The topological polar surface area (TPSA) is 79.0 Å². The molecule has 0 atom stereocenters. The van der Waals surface area contributed by atoms with E-state index < -0.39 is 0 Å². The average Bonchev–Trinajstić information content (AvgIpc) is 2.75. The minimum atomic E-state index is -0.246. The Balaban J connectivity index is 2.01. The van der Waals surface area contributed by atoms with Crippen LogP contribution in [-0.2, 0) is 6.54 Å². The third kappa shape index (κ3) is 3.39. The molecule has 0 bridgehead atoms. The lowest BCUT2D eigenvalue weighted by atomic mass is 10.1. The number of hydrogen-bond acceptors (Lipinski definition) is 3. The molecule has 3 N–H and O–H groups in total. The molecule has 0 spiro atoms. The van der Waals surface area contributed by atoms with Crippen molar-refractivity contribution in [2.24, 2.45) is 0 Å². The summed E-state index contributed by atoms with van der Waals surface area (Å²) in [6.07, 6.45) is 0. The lowest BCUT2D eigenvalue weighted by molar-refractivity contribution is 0.251. The molecule has 0 radical (unpaired) electrons. The summed E-state index contributed by atoms with van der Waals surface area (Å²) in [7, 11) is 1.64. The van der Waals surface area contributed by atoms with Crippen molar-refractivity contribution in [2.45, 2.75) is 34.2 Å². The number of aromatic amines is 1. The first-order valence-electron chi connectivity index (χ1n) is 7.13. The van der Waals surface area contributed by atoms with Crippen LogP contribution < -0.4 is 15.4 Å². The highest BCUT2D eigenvalue weighted by atomic mass is 16.5. The number of amides is 2. The van der Waals surface area contributed by atoms with Crippen LogP contribution in [0.5, 0.6) is 5.75 Å². The Morgan fingerprint density at radius 1 is 1.23 bits per heavy atom. The summed E-state index contributed by atoms with van der Waals surface area (Å²) < 4.78 is 5.32. The second-order valence-corrected chi connectivity index (χ2v) is 5.36. The van der Waals surface area contributed by atoms with Crippen molar-refractivity contribution in [1.82, 2.24) is 15.5 Å². The largest absolute Gasteiger partial charge is 0.496 e. The Hall–Kier alpha value is -2.50. The van der Waals surface area contributed by atoms with E-state index in [0.717, 1.165) is 39.5 Å². The number of carbonyl (C=O) groups excluding carboxylic acids is 1. The molecule has 2 amide bonds. The standard InChI is InChI=1S/C16H22N4O2/c1-9-6-13(7-10(2)15(9)22-5)18-16(21)17-8-14-11(3)19-20-12(14)4/h6-7H,8H2,1-5H3,(H,19,20)(H2,17,18,21). The van der Waals surface area contributed by atoms with Crippen LogP contribution in [0.2, 0.25) is 0 Å². The van der Waals surface area contributed by atoms with Crippen molar-refractivity contribution in [1.29, 1.82) is 0 Å². The van der Waals surface area contributed by atoms with Crippen molar-refractivity contribution >= 4 is 11.7 Å². The molecule has 2 aromatic rings. The molecule has 0 saturated carbocycles. The molecule has 1 heterocycles. The Morgan fingerprint density at radius 2 is 1.86 bits per heavy atom. The van der Waals surface area contributed by atoms with Crippen LogP contribution >= 0.6 is 0 Å². The molecule has 0 saturated heterocycles. The molecule has 6 heteroatoms. The van der Waals surface area contributed by atoms with Crippen molar-refractivity contribution in [2.75, 3.05) is 12.4 Å². The Bertz CT molecular complexity index is 649. The number of methoxy groups -OCH3 is 1. The summed E-state index contributed by atoms with van der Waals surface area (Å²) in [5, 5.41) is 12.7. The third-order valence-electron chi connectivity index (χ3n) is 3.63. The van der Waals surface area contributed by atoms with E-state index in [0.29, 0.717) is 6.54 Å². The van der Waals surface area contributed by atoms with Crippen LogP contribution in [0.25, 0.3) is 0 Å². The number of ether oxygens (including phenoxy) is 1. The second-order valence-electron chi connectivity index (χ2n) is 5.36. The zero-order valence-corrected chi connectivity index (χ0v) is 13.6. The number of nitrogens with one attached hydrogen (secondary N) is 3. The smallest absolute Gasteiger partial charge is 0.319 e. The van der Waals surface area contributed by atoms with Gasteiger partial charge in [-0.1, -0.05) is 0 Å². The molecule has 0 unspecified atom stereocenters. The van der Waals surface area contributed by atoms with E-state index in [1.54, 1.807) is 7.11 Å². The lowest BCUT2D eigenvalue weighted by Crippen LogP contribution is -2.28. The van der Waals surface area contributed by atoms with Gasteiger partial charge in [0.2, 0.25) is 0 Å². The van der Waals surface area contributed by atoms with Gasteiger partial charge in [-0.2, -0.15) is 5.10 Å². The summed E-state index contributed by atoms with van der Waals surface area (Å²) in [4.78, 5) is 12.0. The van der Waals surface area contributed by atoms with E-state index in [-0.39, 0.29) is 6.03 Å². The molecule has 0 fully saturated rings. The number of aryl methyl sites for hydroxylation is 4. The number of nitrogens with zero attached hydrogens (tertiary/aromatic N) is 1. The number of urea groups is 1. The molecule has 6 nitrogen and oxygen atoms in total. The maximum atomic E-state index is 12.0. The molecule has 118 valence electrons. The van der Waals surface area contributed by atoms with Gasteiger partial charge >= 0.3 is 6.03 Å². The fraction of sp³-hybridized carbons (Fsp3) is 0.375. The van der Waals surface area contributed by atoms with Gasteiger partial charge < -0.3 is 15.4 Å². The van der Waals surface area contributed by atoms with E-state index in [9.17, 15) is 4.79 Å². The van der Waals surface area contributed by atoms with E-state index in [1.807, 2.05) is 39.8 Å². The summed E-state index contributed by atoms with van der Waals surface area (Å²) in [6.45, 7) is 8.19. The molecule has 22 heavy (non-hydrogen) atoms. The summed E-state index contributed by atoms with van der Waals surface area (Å²) in [5.74, 6) is 0.843. The average molecular weight is 302 g/mol. The van der Waals surface area contributed by atoms with Gasteiger partial charge in [-0.3, -0.25) is 5.10 Å². The molecule has 2 rings (SSSR count). The molecule has 1 aromatic carbocycles. The Labute approximate surface area is 130 Å². The Kier molecular flexibility index (Phi) is 4.70. The first-order chi connectivity index (χ1) is 10.4. The van der Waals surface area contributed by atoms with Gasteiger partial charge in [-0.05, 0) is 51.0 Å². The van der Waals surface area contributed by atoms with Crippen LogP contribution in [0.15, 0.2) is 12.1 Å². The molecule has 0 aliphatic heterocycles. The van der Waals surface area contributed by atoms with Crippen LogP contribution in [0, 0.1) is 27.7 Å². The summed E-state index contributed by atoms with van der Waals surface area (Å²) in [5.41, 5.74) is 5.59. The van der Waals surface area contributed by atoms with Gasteiger partial charge in [-0.25, -0.2) is 4.79 Å². The van der Waals surface area contributed by atoms with Gasteiger partial charge in [0.25, 0.3) is 0 Å². The van der Waals surface area contributed by atoms with E-state index >= 15 is 0 Å². The van der Waals surface area contributed by atoms with Crippen LogP contribution in [0.3, 0.4) is 0 Å². The number of rotatable bonds is 4. The van der Waals surface area contributed by atoms with Gasteiger partial charge in [0.05, 0.1) is 12.8 Å². The SMILES string of the molecule is COc1c(C)cc(NC(=O)NCc2c(C)n[nH]c2C)cc1C. The maximum Gasteiger partial charge on any atom is 0.319 e. The summed E-state index contributed by atoms with van der Waals surface area (Å²) >= 11 is 0. The van der Waals surface area contributed by atoms with Gasteiger partial charge in [-0.15, -0.1) is 0 Å². The van der Waals surface area contributed by atoms with E-state index in [2.05, 4.69) is 20.8 Å². The number of benzene rings is 1. The molecule has 0 aliphatic carbocycles. The highest BCUT2D eigenvalue weighted by molar-refractivity contribution is 5.89. The quantitative estimate of drug-likeness (QED) is 0.812. The normalized spacial score (nSPS) is 10.4. The first-order valence-corrected chi connectivity index (χ1v) is 7.13. The monoisotopic (exact) mass is 302 g/mol. The van der Waals surface area contributed by atoms with Crippen molar-refractivity contribution < 1.29 is 9.53 Å². The number of anilines is 1. The molecule has 1 aromatic heterocycles. The number of carbonyl (C=O) groups is 1. The zero-order chi connectivity index (χ0) is 16.3. The molecule has 0 aliphatic rings. The number of aromatic nitrogens is 2. The minimum absolute atomic E-state index is 0.246. The third-order valence-corrected chi connectivity index (χ3v) is 3.63. The zero-order valence-electron chi connectivity index (χ0n) is 13.6. The minimum Gasteiger partial charge on any atom is -0.496 e. The fourth-order valence-electron chi connectivity index (χ4n) is 2.52. The Morgan fingerprint density at radius 3 is 2.36 bits per heavy atom. The summed E-state index contributed by atoms with van der Waals surface area (Å²) in [6, 6.07) is 3.53. The van der Waals surface area contributed by atoms with Crippen molar-refractivity contribution in [3.05, 3.63) is 40.2 Å². The molecular formula is C16H22N4O2. The molecular weight excluding hydrogens is 280 g/mol. The first kappa shape index (κ1) is 15.9. The fourth-order valence-corrected chi connectivity index (χ4v) is 2.52. The van der Waals surface area contributed by atoms with Gasteiger partial charge in [0.15, 0.2) is 0 Å². The van der Waals surface area contributed by atoms with Crippen molar-refractivity contribution in [3.8, 4) is 5.75 Å². The number of H-pyrrole nitrogens is 1. The van der Waals surface area contributed by atoms with Gasteiger partial charge in [0, 0.05) is 23.5 Å².